The van der Waals surface area contributed by atoms with E-state index in [9.17, 15) is 4.79 Å². The average Bonchev–Trinajstić information content (AvgIpc) is 2.82. The Hall–Kier alpha value is -1.82. The molecule has 118 valence electrons. The standard InChI is InChI=1S/C16H21BrN4O/c1-4-20(5-2)14-8-6-13(7-9-14)19-16(22)11-21-12(3)15(17)10-18-21/h6-10H,4-5,11H2,1-3H3,(H,19,22). The van der Waals surface area contributed by atoms with Crippen LogP contribution in [0, 0.1) is 6.92 Å². The fraction of sp³-hybridized carbons (Fsp3) is 0.375. The summed E-state index contributed by atoms with van der Waals surface area (Å²) in [6.45, 7) is 8.32. The number of anilines is 2. The highest BCUT2D eigenvalue weighted by Gasteiger charge is 2.09. The molecule has 1 aromatic carbocycles. The summed E-state index contributed by atoms with van der Waals surface area (Å²) in [5.74, 6) is -0.0886. The summed E-state index contributed by atoms with van der Waals surface area (Å²) in [6.07, 6.45) is 1.70. The first-order chi connectivity index (χ1) is 10.5. The molecule has 2 aromatic rings. The maximum absolute atomic E-state index is 12.1. The van der Waals surface area contributed by atoms with E-state index in [0.29, 0.717) is 0 Å². The third-order valence-electron chi connectivity index (χ3n) is 3.62. The zero-order valence-electron chi connectivity index (χ0n) is 13.1. The van der Waals surface area contributed by atoms with Gasteiger partial charge in [0.2, 0.25) is 5.91 Å². The molecule has 1 heterocycles. The molecule has 0 saturated carbocycles. The second-order valence-electron chi connectivity index (χ2n) is 5.00. The molecule has 6 heteroatoms. The Bertz CT molecular complexity index is 632. The van der Waals surface area contributed by atoms with E-state index in [-0.39, 0.29) is 12.5 Å². The summed E-state index contributed by atoms with van der Waals surface area (Å²) in [7, 11) is 0. The van der Waals surface area contributed by atoms with Gasteiger partial charge in [0.05, 0.1) is 16.4 Å². The Morgan fingerprint density at radius 3 is 2.41 bits per heavy atom. The van der Waals surface area contributed by atoms with Crippen molar-refractivity contribution < 1.29 is 4.79 Å². The SMILES string of the molecule is CCN(CC)c1ccc(NC(=O)Cn2ncc(Br)c2C)cc1. The van der Waals surface area contributed by atoms with Gasteiger partial charge in [-0.25, -0.2) is 0 Å². The largest absolute Gasteiger partial charge is 0.372 e. The molecule has 5 nitrogen and oxygen atoms in total. The number of carbonyl (C=O) groups is 1. The number of carbonyl (C=O) groups excluding carboxylic acids is 1. The van der Waals surface area contributed by atoms with E-state index in [1.807, 2.05) is 31.2 Å². The minimum absolute atomic E-state index is 0.0886. The highest BCUT2D eigenvalue weighted by Crippen LogP contribution is 2.18. The molecule has 1 amide bonds. The molecule has 0 atom stereocenters. The van der Waals surface area contributed by atoms with E-state index < -0.39 is 0 Å². The molecule has 1 N–H and O–H groups in total. The van der Waals surface area contributed by atoms with E-state index in [2.05, 4.69) is 45.1 Å². The lowest BCUT2D eigenvalue weighted by atomic mass is 10.2. The van der Waals surface area contributed by atoms with Crippen LogP contribution in [0.2, 0.25) is 0 Å². The number of aromatic nitrogens is 2. The van der Waals surface area contributed by atoms with Crippen LogP contribution in [-0.2, 0) is 11.3 Å². The third-order valence-corrected chi connectivity index (χ3v) is 4.39. The van der Waals surface area contributed by atoms with Crippen molar-refractivity contribution in [1.82, 2.24) is 9.78 Å². The maximum atomic E-state index is 12.1. The fourth-order valence-corrected chi connectivity index (χ4v) is 2.56. The lowest BCUT2D eigenvalue weighted by Gasteiger charge is -2.21. The Morgan fingerprint density at radius 1 is 1.27 bits per heavy atom. The van der Waals surface area contributed by atoms with Crippen LogP contribution < -0.4 is 10.2 Å². The smallest absolute Gasteiger partial charge is 0.246 e. The molecule has 0 fully saturated rings. The molecular weight excluding hydrogens is 344 g/mol. The van der Waals surface area contributed by atoms with Crippen LogP contribution in [-0.4, -0.2) is 28.8 Å². The van der Waals surface area contributed by atoms with E-state index in [1.165, 1.54) is 0 Å². The summed E-state index contributed by atoms with van der Waals surface area (Å²) >= 11 is 3.39. The molecular formula is C16H21BrN4O. The van der Waals surface area contributed by atoms with Gasteiger partial charge in [-0.05, 0) is 61.0 Å². The van der Waals surface area contributed by atoms with Gasteiger partial charge in [-0.2, -0.15) is 5.10 Å². The number of nitrogens with zero attached hydrogens (tertiary/aromatic N) is 3. The van der Waals surface area contributed by atoms with Gasteiger partial charge < -0.3 is 10.2 Å². The number of amides is 1. The summed E-state index contributed by atoms with van der Waals surface area (Å²) in [5.41, 5.74) is 2.90. The third kappa shape index (κ3) is 3.88. The Balaban J connectivity index is 1.98. The quantitative estimate of drug-likeness (QED) is 0.853. The molecule has 0 unspecified atom stereocenters. The molecule has 0 bridgehead atoms. The minimum atomic E-state index is -0.0886. The fourth-order valence-electron chi connectivity index (χ4n) is 2.26. The topological polar surface area (TPSA) is 50.2 Å². The lowest BCUT2D eigenvalue weighted by molar-refractivity contribution is -0.116. The maximum Gasteiger partial charge on any atom is 0.246 e. The second-order valence-corrected chi connectivity index (χ2v) is 5.86. The zero-order chi connectivity index (χ0) is 16.1. The summed E-state index contributed by atoms with van der Waals surface area (Å²) in [4.78, 5) is 14.3. The number of halogens is 1. The number of hydrogen-bond donors (Lipinski definition) is 1. The summed E-state index contributed by atoms with van der Waals surface area (Å²) in [5, 5.41) is 7.05. The van der Waals surface area contributed by atoms with E-state index >= 15 is 0 Å². The summed E-state index contributed by atoms with van der Waals surface area (Å²) < 4.78 is 2.58. The summed E-state index contributed by atoms with van der Waals surface area (Å²) in [6, 6.07) is 7.91. The second kappa shape index (κ2) is 7.45. The van der Waals surface area contributed by atoms with Crippen LogP contribution in [0.3, 0.4) is 0 Å². The Labute approximate surface area is 139 Å². The molecule has 0 radical (unpaired) electrons. The van der Waals surface area contributed by atoms with Crippen molar-refractivity contribution in [3.8, 4) is 0 Å². The number of hydrogen-bond acceptors (Lipinski definition) is 3. The van der Waals surface area contributed by atoms with Gasteiger partial charge in [-0.15, -0.1) is 0 Å². The molecule has 0 aliphatic carbocycles. The van der Waals surface area contributed by atoms with Crippen LogP contribution in [0.15, 0.2) is 34.9 Å². The van der Waals surface area contributed by atoms with Crippen molar-refractivity contribution in [2.24, 2.45) is 0 Å². The van der Waals surface area contributed by atoms with Crippen LogP contribution in [0.1, 0.15) is 19.5 Å². The first-order valence-corrected chi connectivity index (χ1v) is 8.17. The van der Waals surface area contributed by atoms with Crippen molar-refractivity contribution in [2.45, 2.75) is 27.3 Å². The van der Waals surface area contributed by atoms with Crippen LogP contribution in [0.5, 0.6) is 0 Å². The molecule has 22 heavy (non-hydrogen) atoms. The van der Waals surface area contributed by atoms with Gasteiger partial charge in [0.15, 0.2) is 0 Å². The van der Waals surface area contributed by atoms with Crippen molar-refractivity contribution in [2.75, 3.05) is 23.3 Å². The van der Waals surface area contributed by atoms with Crippen LogP contribution in [0.25, 0.3) is 0 Å². The number of rotatable bonds is 6. The average molecular weight is 365 g/mol. The zero-order valence-corrected chi connectivity index (χ0v) is 14.7. The van der Waals surface area contributed by atoms with Gasteiger partial charge in [-0.1, -0.05) is 0 Å². The van der Waals surface area contributed by atoms with Gasteiger partial charge in [0.1, 0.15) is 6.54 Å². The van der Waals surface area contributed by atoms with Crippen molar-refractivity contribution in [3.63, 3.8) is 0 Å². The van der Waals surface area contributed by atoms with Crippen molar-refractivity contribution in [1.29, 1.82) is 0 Å². The van der Waals surface area contributed by atoms with Crippen molar-refractivity contribution in [3.05, 3.63) is 40.6 Å². The molecule has 2 rings (SSSR count). The number of nitrogens with one attached hydrogen (secondary N) is 1. The first kappa shape index (κ1) is 16.5. The first-order valence-electron chi connectivity index (χ1n) is 7.38. The van der Waals surface area contributed by atoms with Crippen LogP contribution in [0.4, 0.5) is 11.4 Å². The predicted molar refractivity (Wildman–Crippen MR) is 93.3 cm³/mol. The molecule has 0 saturated heterocycles. The van der Waals surface area contributed by atoms with Gasteiger partial charge >= 0.3 is 0 Å². The molecule has 0 aliphatic heterocycles. The molecule has 1 aromatic heterocycles. The van der Waals surface area contributed by atoms with Gasteiger partial charge in [-0.3, -0.25) is 9.48 Å². The predicted octanol–water partition coefficient (Wildman–Crippen LogP) is 3.44. The highest BCUT2D eigenvalue weighted by molar-refractivity contribution is 9.10. The Kier molecular flexibility index (Phi) is 5.60. The lowest BCUT2D eigenvalue weighted by Crippen LogP contribution is -2.22. The van der Waals surface area contributed by atoms with E-state index in [1.54, 1.807) is 10.9 Å². The molecule has 0 spiro atoms. The van der Waals surface area contributed by atoms with Crippen LogP contribution >= 0.6 is 15.9 Å². The van der Waals surface area contributed by atoms with Gasteiger partial charge in [0, 0.05) is 24.5 Å². The monoisotopic (exact) mass is 364 g/mol. The molecule has 0 aliphatic rings. The van der Waals surface area contributed by atoms with Crippen molar-refractivity contribution >= 4 is 33.2 Å². The highest BCUT2D eigenvalue weighted by atomic mass is 79.9. The van der Waals surface area contributed by atoms with Gasteiger partial charge in [0.25, 0.3) is 0 Å². The normalized spacial score (nSPS) is 10.5. The number of benzene rings is 1. The Morgan fingerprint density at radius 2 is 1.91 bits per heavy atom. The van der Waals surface area contributed by atoms with E-state index in [0.717, 1.165) is 34.6 Å². The minimum Gasteiger partial charge on any atom is -0.372 e. The van der Waals surface area contributed by atoms with E-state index in [4.69, 9.17) is 0 Å².